The zero-order chi connectivity index (χ0) is 26.1. The van der Waals surface area contributed by atoms with Crippen molar-refractivity contribution in [2.24, 2.45) is 0 Å². The predicted molar refractivity (Wildman–Crippen MR) is 140 cm³/mol. The number of carbonyl (C=O) groups excluding carboxylic acids is 2. The molecule has 5 N–H and O–H groups in total. The molecule has 2 amide bonds. The molecule has 0 spiro atoms. The third-order valence-electron chi connectivity index (χ3n) is 5.47. The lowest BCUT2D eigenvalue weighted by Crippen LogP contribution is -2.52. The highest BCUT2D eigenvalue weighted by Crippen LogP contribution is 2.26. The largest absolute Gasteiger partial charge is 0.453 e. The van der Waals surface area contributed by atoms with Gasteiger partial charge in [0.15, 0.2) is 0 Å². The number of hydrogen-bond acceptors (Lipinski definition) is 7. The summed E-state index contributed by atoms with van der Waals surface area (Å²) in [4.78, 5) is 25.3. The Morgan fingerprint density at radius 3 is 2.31 bits per heavy atom. The summed E-state index contributed by atoms with van der Waals surface area (Å²) in [6.07, 6.45) is 0.874. The average Bonchev–Trinajstić information content (AvgIpc) is 3.33. The zero-order valence-corrected chi connectivity index (χ0v) is 21.6. The van der Waals surface area contributed by atoms with Crippen molar-refractivity contribution < 1.29 is 27.3 Å². The van der Waals surface area contributed by atoms with Crippen LogP contribution in [-0.4, -0.2) is 49.5 Å². The highest BCUT2D eigenvalue weighted by molar-refractivity contribution is 8.02. The van der Waals surface area contributed by atoms with Crippen molar-refractivity contribution in [3.8, 4) is 0 Å². The number of anilines is 1. The summed E-state index contributed by atoms with van der Waals surface area (Å²) >= 11 is 1.63. The molecule has 0 aliphatic carbocycles. The van der Waals surface area contributed by atoms with E-state index in [0.717, 1.165) is 23.2 Å². The van der Waals surface area contributed by atoms with Crippen LogP contribution < -0.4 is 20.7 Å². The maximum atomic E-state index is 13.4. The fourth-order valence-electron chi connectivity index (χ4n) is 3.66. The topological polar surface area (TPSA) is 146 Å². The van der Waals surface area contributed by atoms with Gasteiger partial charge in [-0.3, -0.25) is 14.1 Å². The quantitative estimate of drug-likeness (QED) is 0.277. The summed E-state index contributed by atoms with van der Waals surface area (Å²) in [7, 11) is -3.13. The Balaban J connectivity index is 1.79. The lowest BCUT2D eigenvalue weighted by Gasteiger charge is -2.25. The minimum atomic E-state index is -4.37. The minimum absolute atomic E-state index is 0.189. The van der Waals surface area contributed by atoms with Crippen LogP contribution in [0.15, 0.2) is 65.7 Å². The number of thioether (sulfide) groups is 1. The number of hydrogen-bond donors (Lipinski definition) is 5. The molecule has 3 atom stereocenters. The predicted octanol–water partition coefficient (Wildman–Crippen LogP) is 2.81. The van der Waals surface area contributed by atoms with E-state index in [1.54, 1.807) is 23.9 Å². The summed E-state index contributed by atoms with van der Waals surface area (Å²) < 4.78 is 37.8. The molecule has 194 valence electrons. The number of rotatable bonds is 11. The monoisotopic (exact) mass is 534 g/mol. The van der Waals surface area contributed by atoms with E-state index in [4.69, 9.17) is 9.29 Å². The lowest BCUT2D eigenvalue weighted by molar-refractivity contribution is -0.123. The van der Waals surface area contributed by atoms with Gasteiger partial charge in [0.05, 0.1) is 24.2 Å². The molecule has 0 radical (unpaired) electrons. The van der Waals surface area contributed by atoms with Crippen molar-refractivity contribution in [3.63, 3.8) is 0 Å². The number of methoxy groups -OCH3 is 1. The molecule has 1 unspecified atom stereocenters. The van der Waals surface area contributed by atoms with Crippen molar-refractivity contribution in [1.82, 2.24) is 16.0 Å². The molecule has 1 aliphatic heterocycles. The second-order valence-corrected chi connectivity index (χ2v) is 10.4. The van der Waals surface area contributed by atoms with Crippen LogP contribution in [0, 0.1) is 0 Å². The first-order chi connectivity index (χ1) is 17.2. The number of alkyl carbamates (subject to hydrolysis) is 1. The van der Waals surface area contributed by atoms with E-state index < -0.39 is 28.5 Å². The van der Waals surface area contributed by atoms with E-state index in [2.05, 4.69) is 22.9 Å². The normalized spacial score (nSPS) is 16.8. The molecule has 0 bridgehead atoms. The Kier molecular flexibility index (Phi) is 9.62. The molecule has 0 aromatic heterocycles. The van der Waals surface area contributed by atoms with Crippen molar-refractivity contribution >= 4 is 39.8 Å². The first-order valence-corrected chi connectivity index (χ1v) is 13.7. The molecule has 2 aromatic carbocycles. The van der Waals surface area contributed by atoms with Crippen LogP contribution in [0.4, 0.5) is 10.5 Å². The molecule has 36 heavy (non-hydrogen) atoms. The van der Waals surface area contributed by atoms with Crippen LogP contribution in [0.1, 0.15) is 24.5 Å². The van der Waals surface area contributed by atoms with Gasteiger partial charge in [-0.05, 0) is 41.5 Å². The maximum absolute atomic E-state index is 13.4. The van der Waals surface area contributed by atoms with Gasteiger partial charge < -0.3 is 20.7 Å². The van der Waals surface area contributed by atoms with Gasteiger partial charge in [-0.25, -0.2) is 4.79 Å². The Morgan fingerprint density at radius 2 is 1.72 bits per heavy atom. The van der Waals surface area contributed by atoms with Gasteiger partial charge in [-0.15, -0.1) is 11.8 Å². The molecular weight excluding hydrogens is 504 g/mol. The highest BCUT2D eigenvalue weighted by atomic mass is 32.2. The molecule has 12 heteroatoms. The third kappa shape index (κ3) is 8.47. The van der Waals surface area contributed by atoms with Crippen molar-refractivity contribution in [2.75, 3.05) is 11.8 Å². The van der Waals surface area contributed by atoms with Crippen molar-refractivity contribution in [3.05, 3.63) is 76.8 Å². The fourth-order valence-corrected chi connectivity index (χ4v) is 5.03. The Labute approximate surface area is 215 Å². The molecular formula is C24H30N4O6S2. The molecule has 10 nitrogen and oxygen atoms in total. The number of carbonyl (C=O) groups is 2. The van der Waals surface area contributed by atoms with E-state index >= 15 is 0 Å². The Morgan fingerprint density at radius 1 is 1.06 bits per heavy atom. The summed E-state index contributed by atoms with van der Waals surface area (Å²) in [5, 5.41) is 11.3. The first kappa shape index (κ1) is 27.4. The van der Waals surface area contributed by atoms with Crippen LogP contribution in [-0.2, 0) is 32.7 Å². The lowest BCUT2D eigenvalue weighted by atomic mass is 10.0. The van der Waals surface area contributed by atoms with Gasteiger partial charge in [-0.1, -0.05) is 49.4 Å². The minimum Gasteiger partial charge on any atom is -0.453 e. The van der Waals surface area contributed by atoms with E-state index in [9.17, 15) is 18.0 Å². The molecule has 0 fully saturated rings. The fraction of sp³-hybridized carbons (Fsp3) is 0.333. The summed E-state index contributed by atoms with van der Waals surface area (Å²) in [6, 6.07) is 14.5. The van der Waals surface area contributed by atoms with Gasteiger partial charge in [0.1, 0.15) is 6.04 Å². The van der Waals surface area contributed by atoms with Crippen LogP contribution >= 0.6 is 11.8 Å². The van der Waals surface area contributed by atoms with Crippen LogP contribution in [0.25, 0.3) is 0 Å². The zero-order valence-electron chi connectivity index (χ0n) is 19.9. The summed E-state index contributed by atoms with van der Waals surface area (Å²) in [5.74, 6) is -0.369. The van der Waals surface area contributed by atoms with Gasteiger partial charge in [0, 0.05) is 12.1 Å². The Bertz CT molecular complexity index is 1170. The SMILES string of the molecule is CCC1NC([C@H](Cc2ccc(NS(=O)(=O)O)cc2)NC(=O)[C@H](Cc2ccccc2)NC(=O)OC)=CS1. The molecule has 2 aromatic rings. The maximum Gasteiger partial charge on any atom is 0.407 e. The Hall–Kier alpha value is -3.22. The number of ether oxygens (including phenoxy) is 1. The van der Waals surface area contributed by atoms with Crippen molar-refractivity contribution in [2.45, 2.75) is 43.6 Å². The number of amides is 2. The summed E-state index contributed by atoms with van der Waals surface area (Å²) in [6.45, 7) is 2.06. The molecule has 1 heterocycles. The van der Waals surface area contributed by atoms with Crippen LogP contribution in [0.3, 0.4) is 0 Å². The van der Waals surface area contributed by atoms with Gasteiger partial charge in [0.25, 0.3) is 0 Å². The average molecular weight is 535 g/mol. The highest BCUT2D eigenvalue weighted by Gasteiger charge is 2.28. The second-order valence-electron chi connectivity index (χ2n) is 8.17. The van der Waals surface area contributed by atoms with Crippen LogP contribution in [0.5, 0.6) is 0 Å². The second kappa shape index (κ2) is 12.7. The third-order valence-corrected chi connectivity index (χ3v) is 7.13. The molecule has 0 saturated heterocycles. The van der Waals surface area contributed by atoms with E-state index in [1.807, 2.05) is 40.5 Å². The molecule has 3 rings (SSSR count). The van der Waals surface area contributed by atoms with E-state index in [-0.39, 0.29) is 23.4 Å². The first-order valence-electron chi connectivity index (χ1n) is 11.3. The number of nitrogens with one attached hydrogen (secondary N) is 4. The molecule has 1 aliphatic rings. The molecule has 0 saturated carbocycles. The van der Waals surface area contributed by atoms with E-state index in [1.165, 1.54) is 19.2 Å². The van der Waals surface area contributed by atoms with Crippen molar-refractivity contribution in [1.29, 1.82) is 0 Å². The van der Waals surface area contributed by atoms with Crippen LogP contribution in [0.2, 0.25) is 0 Å². The summed E-state index contributed by atoms with van der Waals surface area (Å²) in [5.41, 5.74) is 2.77. The van der Waals surface area contributed by atoms with Gasteiger partial charge in [-0.2, -0.15) is 8.42 Å². The number of benzene rings is 2. The smallest absolute Gasteiger partial charge is 0.407 e. The van der Waals surface area contributed by atoms with E-state index in [0.29, 0.717) is 6.42 Å². The standard InChI is InChI=1S/C24H30N4O6S2/c1-3-22-25-21(15-35-22)19(13-17-9-11-18(12-10-17)28-36(31,32)33)26-23(29)20(27-24(30)34-2)14-16-7-5-4-6-8-16/h4-12,15,19-20,22,25,28H,3,13-14H2,1-2H3,(H,26,29)(H,27,30)(H,31,32,33)/t19-,20-,22?/m0/s1. The van der Waals surface area contributed by atoms with Gasteiger partial charge in [0.2, 0.25) is 5.91 Å². The van der Waals surface area contributed by atoms with Gasteiger partial charge >= 0.3 is 16.4 Å².